The van der Waals surface area contributed by atoms with Gasteiger partial charge < -0.3 is 4.74 Å². The van der Waals surface area contributed by atoms with Crippen LogP contribution in [-0.4, -0.2) is 13.0 Å². The van der Waals surface area contributed by atoms with Crippen molar-refractivity contribution in [3.8, 4) is 5.75 Å². The predicted octanol–water partition coefficient (Wildman–Crippen LogP) is 4.27. The minimum atomic E-state index is -2.64. The van der Waals surface area contributed by atoms with Gasteiger partial charge in [-0.3, -0.25) is 0 Å². The Balaban J connectivity index is 2.20. The van der Waals surface area contributed by atoms with Crippen molar-refractivity contribution >= 4 is 0 Å². The van der Waals surface area contributed by atoms with Crippen LogP contribution in [0, 0.1) is 11.6 Å². The van der Waals surface area contributed by atoms with E-state index >= 15 is 0 Å². The zero-order valence-corrected chi connectivity index (χ0v) is 9.98. The van der Waals surface area contributed by atoms with Gasteiger partial charge in [0.1, 0.15) is 0 Å². The highest BCUT2D eigenvalue weighted by molar-refractivity contribution is 5.33. The van der Waals surface area contributed by atoms with Crippen LogP contribution in [0.1, 0.15) is 37.2 Å². The summed E-state index contributed by atoms with van der Waals surface area (Å²) in [6.45, 7) is 0. The highest BCUT2D eigenvalue weighted by atomic mass is 19.3. The highest BCUT2D eigenvalue weighted by Crippen LogP contribution is 2.41. The first-order valence-corrected chi connectivity index (χ1v) is 5.84. The molecule has 1 aliphatic carbocycles. The predicted molar refractivity (Wildman–Crippen MR) is 59.1 cm³/mol. The highest BCUT2D eigenvalue weighted by Gasteiger charge is 2.35. The third-order valence-corrected chi connectivity index (χ3v) is 3.41. The van der Waals surface area contributed by atoms with Gasteiger partial charge in [-0.15, -0.1) is 0 Å². The van der Waals surface area contributed by atoms with Crippen molar-refractivity contribution in [1.29, 1.82) is 0 Å². The first kappa shape index (κ1) is 13.2. The number of alkyl halides is 2. The van der Waals surface area contributed by atoms with E-state index in [-0.39, 0.29) is 31.6 Å². The van der Waals surface area contributed by atoms with E-state index in [0.717, 1.165) is 0 Å². The maximum Gasteiger partial charge on any atom is 0.248 e. The molecule has 0 atom stereocenters. The van der Waals surface area contributed by atoms with Gasteiger partial charge in [0.15, 0.2) is 17.4 Å². The van der Waals surface area contributed by atoms with Crippen molar-refractivity contribution < 1.29 is 22.3 Å². The molecule has 1 fully saturated rings. The zero-order valence-electron chi connectivity index (χ0n) is 9.98. The average molecular weight is 262 g/mol. The Morgan fingerprint density at radius 2 is 1.61 bits per heavy atom. The molecule has 1 saturated carbocycles. The molecule has 0 aromatic heterocycles. The average Bonchev–Trinajstić information content (AvgIpc) is 2.28. The summed E-state index contributed by atoms with van der Waals surface area (Å²) in [6, 6.07) is 2.35. The van der Waals surface area contributed by atoms with Gasteiger partial charge in [0, 0.05) is 12.8 Å². The number of ether oxygens (including phenoxy) is 1. The van der Waals surface area contributed by atoms with Crippen LogP contribution in [0.4, 0.5) is 17.6 Å². The molecule has 0 bridgehead atoms. The van der Waals surface area contributed by atoms with Crippen molar-refractivity contribution in [2.24, 2.45) is 0 Å². The molecule has 1 nitrogen and oxygen atoms in total. The monoisotopic (exact) mass is 262 g/mol. The van der Waals surface area contributed by atoms with E-state index in [2.05, 4.69) is 4.74 Å². The summed E-state index contributed by atoms with van der Waals surface area (Å²) in [5.74, 6) is -4.85. The molecule has 5 heteroatoms. The number of methoxy groups -OCH3 is 1. The van der Waals surface area contributed by atoms with Crippen molar-refractivity contribution in [3.05, 3.63) is 29.3 Å². The molecule has 1 aromatic rings. The third kappa shape index (κ3) is 2.60. The van der Waals surface area contributed by atoms with Crippen LogP contribution < -0.4 is 4.74 Å². The quantitative estimate of drug-likeness (QED) is 0.723. The molecule has 0 amide bonds. The largest absolute Gasteiger partial charge is 0.491 e. The second-order valence-electron chi connectivity index (χ2n) is 4.65. The van der Waals surface area contributed by atoms with Crippen molar-refractivity contribution in [2.75, 3.05) is 7.11 Å². The van der Waals surface area contributed by atoms with Gasteiger partial charge in [-0.1, -0.05) is 0 Å². The second-order valence-corrected chi connectivity index (χ2v) is 4.65. The van der Waals surface area contributed by atoms with E-state index in [1.807, 2.05) is 0 Å². The number of rotatable bonds is 2. The Bertz CT molecular complexity index is 412. The topological polar surface area (TPSA) is 9.23 Å². The minimum absolute atomic E-state index is 0.209. The molecule has 0 aliphatic heterocycles. The smallest absolute Gasteiger partial charge is 0.248 e. The maximum atomic E-state index is 13.5. The lowest BCUT2D eigenvalue weighted by molar-refractivity contribution is -0.0382. The molecular formula is C13H14F4O. The lowest BCUT2D eigenvalue weighted by Crippen LogP contribution is -2.23. The Hall–Kier alpha value is -1.26. The number of benzene rings is 1. The van der Waals surface area contributed by atoms with Crippen LogP contribution in [0.15, 0.2) is 12.1 Å². The fourth-order valence-corrected chi connectivity index (χ4v) is 2.38. The van der Waals surface area contributed by atoms with E-state index < -0.39 is 23.3 Å². The van der Waals surface area contributed by atoms with Crippen molar-refractivity contribution in [3.63, 3.8) is 0 Å². The maximum absolute atomic E-state index is 13.5. The van der Waals surface area contributed by atoms with E-state index in [1.165, 1.54) is 19.2 Å². The molecule has 0 radical (unpaired) electrons. The van der Waals surface area contributed by atoms with Gasteiger partial charge >= 0.3 is 0 Å². The molecular weight excluding hydrogens is 248 g/mol. The first-order valence-electron chi connectivity index (χ1n) is 5.84. The molecule has 18 heavy (non-hydrogen) atoms. The molecule has 0 saturated heterocycles. The van der Waals surface area contributed by atoms with Crippen LogP contribution in [0.5, 0.6) is 5.75 Å². The summed E-state index contributed by atoms with van der Waals surface area (Å²) in [6.07, 6.45) is 0.0380. The molecule has 0 unspecified atom stereocenters. The van der Waals surface area contributed by atoms with E-state index in [4.69, 9.17) is 0 Å². The van der Waals surface area contributed by atoms with Crippen LogP contribution in [0.2, 0.25) is 0 Å². The standard InChI is InChI=1S/C13H14F4O/c1-18-12-10(14)6-9(7-11(12)15)8-2-4-13(16,17)5-3-8/h6-8H,2-5H2,1H3. The summed E-state index contributed by atoms with van der Waals surface area (Å²) in [7, 11) is 1.18. The van der Waals surface area contributed by atoms with E-state index in [9.17, 15) is 17.6 Å². The fourth-order valence-electron chi connectivity index (χ4n) is 2.38. The minimum Gasteiger partial charge on any atom is -0.491 e. The summed E-state index contributed by atoms with van der Waals surface area (Å²) in [5.41, 5.74) is 0.432. The van der Waals surface area contributed by atoms with Crippen LogP contribution in [0.3, 0.4) is 0 Å². The number of hydrogen-bond donors (Lipinski definition) is 0. The van der Waals surface area contributed by atoms with Gasteiger partial charge in [-0.05, 0) is 36.5 Å². The SMILES string of the molecule is COc1c(F)cc(C2CCC(F)(F)CC2)cc1F. The van der Waals surface area contributed by atoms with Crippen molar-refractivity contribution in [2.45, 2.75) is 37.5 Å². The Morgan fingerprint density at radius 3 is 2.06 bits per heavy atom. The summed E-state index contributed by atoms with van der Waals surface area (Å²) in [5, 5.41) is 0. The van der Waals surface area contributed by atoms with Gasteiger partial charge in [-0.25, -0.2) is 17.6 Å². The van der Waals surface area contributed by atoms with Crippen LogP contribution in [0.25, 0.3) is 0 Å². The van der Waals surface area contributed by atoms with Gasteiger partial charge in [0.25, 0.3) is 0 Å². The normalized spacial score (nSPS) is 19.8. The van der Waals surface area contributed by atoms with Gasteiger partial charge in [0.2, 0.25) is 5.92 Å². The summed E-state index contributed by atoms with van der Waals surface area (Å²) in [4.78, 5) is 0. The Labute approximate surface area is 103 Å². The lowest BCUT2D eigenvalue weighted by Gasteiger charge is -2.28. The molecule has 0 spiro atoms. The second kappa shape index (κ2) is 4.78. The lowest BCUT2D eigenvalue weighted by atomic mass is 9.82. The molecule has 0 N–H and O–H groups in total. The molecule has 100 valence electrons. The Morgan fingerprint density at radius 1 is 1.11 bits per heavy atom. The molecule has 1 aromatic carbocycles. The summed E-state index contributed by atoms with van der Waals surface area (Å²) >= 11 is 0. The molecule has 0 heterocycles. The van der Waals surface area contributed by atoms with Gasteiger partial charge in [-0.2, -0.15) is 0 Å². The summed E-state index contributed by atoms with van der Waals surface area (Å²) < 4.78 is 57.6. The molecule has 1 aliphatic rings. The van der Waals surface area contributed by atoms with Gasteiger partial charge in [0.05, 0.1) is 7.11 Å². The van der Waals surface area contributed by atoms with Crippen LogP contribution in [-0.2, 0) is 0 Å². The molecule has 2 rings (SSSR count). The zero-order chi connectivity index (χ0) is 13.3. The first-order chi connectivity index (χ1) is 8.43. The Kier molecular flexibility index (Phi) is 3.50. The van der Waals surface area contributed by atoms with E-state index in [1.54, 1.807) is 0 Å². The fraction of sp³-hybridized carbons (Fsp3) is 0.538. The number of hydrogen-bond acceptors (Lipinski definition) is 1. The van der Waals surface area contributed by atoms with E-state index in [0.29, 0.717) is 5.56 Å². The third-order valence-electron chi connectivity index (χ3n) is 3.41. The van der Waals surface area contributed by atoms with Crippen LogP contribution >= 0.6 is 0 Å². The number of halogens is 4. The van der Waals surface area contributed by atoms with Crippen molar-refractivity contribution in [1.82, 2.24) is 0 Å².